The van der Waals surface area contributed by atoms with Gasteiger partial charge in [-0.25, -0.2) is 14.6 Å². The highest BCUT2D eigenvalue weighted by molar-refractivity contribution is 6.34. The number of carbonyl (C=O) groups excluding carboxylic acids is 2. The number of carbonyl (C=O) groups is 2. The number of fused-ring (bicyclic) bond motifs is 1. The molecule has 0 aliphatic carbocycles. The van der Waals surface area contributed by atoms with Gasteiger partial charge in [0, 0.05) is 17.3 Å². The Labute approximate surface area is 131 Å². The SMILES string of the molecule is COC(=O)/C=C(/Nc1ccc2c(Cl)nccc2c1)C(=O)OC. The number of pyridine rings is 1. The predicted molar refractivity (Wildman–Crippen MR) is 82.5 cm³/mol. The zero-order chi connectivity index (χ0) is 16.1. The lowest BCUT2D eigenvalue weighted by atomic mass is 10.1. The fraction of sp³-hybridized carbons (Fsp3) is 0.133. The molecule has 1 aromatic carbocycles. The van der Waals surface area contributed by atoms with E-state index in [9.17, 15) is 9.59 Å². The van der Waals surface area contributed by atoms with Gasteiger partial charge in [0.2, 0.25) is 0 Å². The Morgan fingerprint density at radius 1 is 1.23 bits per heavy atom. The van der Waals surface area contributed by atoms with Gasteiger partial charge in [-0.15, -0.1) is 0 Å². The van der Waals surface area contributed by atoms with Crippen LogP contribution < -0.4 is 5.32 Å². The molecule has 1 aromatic heterocycles. The Balaban J connectivity index is 2.36. The fourth-order valence-electron chi connectivity index (χ4n) is 1.81. The molecule has 2 rings (SSSR count). The summed E-state index contributed by atoms with van der Waals surface area (Å²) in [6.45, 7) is 0. The first-order chi connectivity index (χ1) is 10.5. The number of halogens is 1. The molecular formula is C15H13ClN2O4. The standard InChI is InChI=1S/C15H13ClN2O4/c1-21-13(19)8-12(15(20)22-2)18-10-3-4-11-9(7-10)5-6-17-14(11)16/h3-8,18H,1-2H3/b12-8+. The summed E-state index contributed by atoms with van der Waals surface area (Å²) < 4.78 is 9.14. The summed E-state index contributed by atoms with van der Waals surface area (Å²) in [4.78, 5) is 27.0. The molecule has 2 aromatic rings. The second kappa shape index (κ2) is 6.91. The van der Waals surface area contributed by atoms with Gasteiger partial charge >= 0.3 is 11.9 Å². The maximum absolute atomic E-state index is 11.7. The highest BCUT2D eigenvalue weighted by atomic mass is 35.5. The van der Waals surface area contributed by atoms with Crippen LogP contribution in [-0.2, 0) is 19.1 Å². The molecule has 0 atom stereocenters. The van der Waals surface area contributed by atoms with Crippen molar-refractivity contribution in [1.82, 2.24) is 4.98 Å². The molecule has 22 heavy (non-hydrogen) atoms. The molecule has 114 valence electrons. The smallest absolute Gasteiger partial charge is 0.354 e. The molecule has 0 bridgehead atoms. The summed E-state index contributed by atoms with van der Waals surface area (Å²) in [5, 5.41) is 4.84. The van der Waals surface area contributed by atoms with Crippen LogP contribution in [0.15, 0.2) is 42.2 Å². The monoisotopic (exact) mass is 320 g/mol. The first-order valence-electron chi connectivity index (χ1n) is 6.24. The molecule has 0 spiro atoms. The van der Waals surface area contributed by atoms with Crippen LogP contribution in [0.4, 0.5) is 5.69 Å². The number of hydrogen-bond acceptors (Lipinski definition) is 6. The summed E-state index contributed by atoms with van der Waals surface area (Å²) in [5.74, 6) is -1.35. The number of nitrogens with zero attached hydrogens (tertiary/aromatic N) is 1. The van der Waals surface area contributed by atoms with Crippen molar-refractivity contribution in [3.05, 3.63) is 47.4 Å². The molecule has 0 aliphatic heterocycles. The Bertz CT molecular complexity index is 758. The topological polar surface area (TPSA) is 77.5 Å². The maximum atomic E-state index is 11.7. The van der Waals surface area contributed by atoms with Crippen LogP contribution in [0.25, 0.3) is 10.8 Å². The fourth-order valence-corrected chi connectivity index (χ4v) is 2.04. The van der Waals surface area contributed by atoms with E-state index in [1.807, 2.05) is 0 Å². The van der Waals surface area contributed by atoms with E-state index in [1.165, 1.54) is 14.2 Å². The summed E-state index contributed by atoms with van der Waals surface area (Å²) >= 11 is 6.00. The van der Waals surface area contributed by atoms with Crippen molar-refractivity contribution in [3.8, 4) is 0 Å². The van der Waals surface area contributed by atoms with Gasteiger partial charge in [-0.2, -0.15) is 0 Å². The molecule has 1 heterocycles. The number of benzene rings is 1. The van der Waals surface area contributed by atoms with E-state index < -0.39 is 11.9 Å². The quantitative estimate of drug-likeness (QED) is 0.530. The van der Waals surface area contributed by atoms with Crippen LogP contribution in [0.1, 0.15) is 0 Å². The van der Waals surface area contributed by atoms with Gasteiger partial charge in [-0.1, -0.05) is 11.6 Å². The molecule has 0 saturated heterocycles. The van der Waals surface area contributed by atoms with Gasteiger partial charge in [0.05, 0.1) is 20.3 Å². The molecular weight excluding hydrogens is 308 g/mol. The molecule has 0 fully saturated rings. The molecule has 7 heteroatoms. The Kier molecular flexibility index (Phi) is 4.95. The van der Waals surface area contributed by atoms with Crippen molar-refractivity contribution in [1.29, 1.82) is 0 Å². The maximum Gasteiger partial charge on any atom is 0.354 e. The van der Waals surface area contributed by atoms with Crippen LogP contribution in [-0.4, -0.2) is 31.1 Å². The summed E-state index contributed by atoms with van der Waals surface area (Å²) in [5.41, 5.74) is 0.559. The second-order valence-electron chi connectivity index (χ2n) is 4.24. The summed E-state index contributed by atoms with van der Waals surface area (Å²) in [6.07, 6.45) is 2.61. The number of hydrogen-bond donors (Lipinski definition) is 1. The number of esters is 2. The molecule has 0 unspecified atom stereocenters. The van der Waals surface area contributed by atoms with Gasteiger partial charge < -0.3 is 14.8 Å². The Morgan fingerprint density at radius 2 is 2.00 bits per heavy atom. The minimum absolute atomic E-state index is 0.0335. The first kappa shape index (κ1) is 15.8. The third-order valence-electron chi connectivity index (χ3n) is 2.86. The van der Waals surface area contributed by atoms with E-state index in [4.69, 9.17) is 11.6 Å². The van der Waals surface area contributed by atoms with Crippen LogP contribution in [0.5, 0.6) is 0 Å². The summed E-state index contributed by atoms with van der Waals surface area (Å²) in [7, 11) is 2.44. The van der Waals surface area contributed by atoms with Crippen molar-refractivity contribution in [2.75, 3.05) is 19.5 Å². The van der Waals surface area contributed by atoms with E-state index >= 15 is 0 Å². The van der Waals surface area contributed by atoms with E-state index in [-0.39, 0.29) is 5.70 Å². The Morgan fingerprint density at radius 3 is 2.68 bits per heavy atom. The molecule has 0 radical (unpaired) electrons. The predicted octanol–water partition coefficient (Wildman–Crippen LogP) is 2.53. The highest BCUT2D eigenvalue weighted by Crippen LogP contribution is 2.24. The lowest BCUT2D eigenvalue weighted by Gasteiger charge is -2.10. The molecule has 1 N–H and O–H groups in total. The number of rotatable bonds is 4. The third kappa shape index (κ3) is 3.53. The zero-order valence-corrected chi connectivity index (χ0v) is 12.7. The number of methoxy groups -OCH3 is 2. The largest absolute Gasteiger partial charge is 0.466 e. The van der Waals surface area contributed by atoms with E-state index in [0.29, 0.717) is 10.8 Å². The van der Waals surface area contributed by atoms with Crippen molar-refractivity contribution in [2.45, 2.75) is 0 Å². The van der Waals surface area contributed by atoms with Crippen molar-refractivity contribution in [2.24, 2.45) is 0 Å². The number of anilines is 1. The van der Waals surface area contributed by atoms with E-state index in [0.717, 1.165) is 16.8 Å². The lowest BCUT2D eigenvalue weighted by molar-refractivity contribution is -0.138. The highest BCUT2D eigenvalue weighted by Gasteiger charge is 2.13. The number of nitrogens with one attached hydrogen (secondary N) is 1. The number of aromatic nitrogens is 1. The zero-order valence-electron chi connectivity index (χ0n) is 11.9. The van der Waals surface area contributed by atoms with Gasteiger partial charge in [0.25, 0.3) is 0 Å². The van der Waals surface area contributed by atoms with Crippen molar-refractivity contribution < 1.29 is 19.1 Å². The van der Waals surface area contributed by atoms with Gasteiger partial charge in [-0.3, -0.25) is 0 Å². The minimum Gasteiger partial charge on any atom is -0.466 e. The average Bonchev–Trinajstić information content (AvgIpc) is 2.53. The van der Waals surface area contributed by atoms with E-state index in [1.54, 1.807) is 30.5 Å². The lowest BCUT2D eigenvalue weighted by Crippen LogP contribution is -2.15. The minimum atomic E-state index is -0.682. The van der Waals surface area contributed by atoms with Gasteiger partial charge in [0.1, 0.15) is 10.9 Å². The molecule has 0 amide bonds. The van der Waals surface area contributed by atoms with Crippen LogP contribution in [0.3, 0.4) is 0 Å². The molecule has 0 saturated carbocycles. The first-order valence-corrected chi connectivity index (χ1v) is 6.62. The molecule has 0 aliphatic rings. The average molecular weight is 321 g/mol. The van der Waals surface area contributed by atoms with Crippen LogP contribution in [0, 0.1) is 0 Å². The Hall–Kier alpha value is -2.60. The van der Waals surface area contributed by atoms with Gasteiger partial charge in [0.15, 0.2) is 0 Å². The third-order valence-corrected chi connectivity index (χ3v) is 3.16. The second-order valence-corrected chi connectivity index (χ2v) is 4.59. The van der Waals surface area contributed by atoms with Gasteiger partial charge in [-0.05, 0) is 29.7 Å². The van der Waals surface area contributed by atoms with Crippen LogP contribution >= 0.6 is 11.6 Å². The number of ether oxygens (including phenoxy) is 2. The van der Waals surface area contributed by atoms with E-state index in [2.05, 4.69) is 19.8 Å². The van der Waals surface area contributed by atoms with Crippen molar-refractivity contribution in [3.63, 3.8) is 0 Å². The van der Waals surface area contributed by atoms with Crippen LogP contribution in [0.2, 0.25) is 5.15 Å². The van der Waals surface area contributed by atoms with Crippen molar-refractivity contribution >= 4 is 40.0 Å². The summed E-state index contributed by atoms with van der Waals surface area (Å²) in [6, 6.07) is 7.04. The normalized spacial score (nSPS) is 11.1. The molecule has 6 nitrogen and oxygen atoms in total.